The zero-order valence-electron chi connectivity index (χ0n) is 23.5. The van der Waals surface area contributed by atoms with Crippen molar-refractivity contribution in [3.05, 3.63) is 87.1 Å². The van der Waals surface area contributed by atoms with Crippen LogP contribution in [0.1, 0.15) is 49.5 Å². The van der Waals surface area contributed by atoms with Gasteiger partial charge in [-0.15, -0.1) is 0 Å². The zero-order chi connectivity index (χ0) is 29.3. The van der Waals surface area contributed by atoms with Crippen LogP contribution in [0.25, 0.3) is 11.1 Å². The molecule has 3 aromatic rings. The van der Waals surface area contributed by atoms with Crippen LogP contribution in [0.4, 0.5) is 9.59 Å². The molecule has 41 heavy (non-hydrogen) atoms. The first-order valence-electron chi connectivity index (χ1n) is 13.5. The van der Waals surface area contributed by atoms with Crippen LogP contribution in [0.3, 0.4) is 0 Å². The summed E-state index contributed by atoms with van der Waals surface area (Å²) in [5, 5.41) is 0.305. The van der Waals surface area contributed by atoms with Crippen LogP contribution in [0.5, 0.6) is 0 Å². The number of likely N-dealkylation sites (N-methyl/N-ethyl adjacent to an activating group) is 1. The van der Waals surface area contributed by atoms with Crippen LogP contribution in [-0.4, -0.2) is 72.0 Å². The molecule has 2 atom stereocenters. The van der Waals surface area contributed by atoms with Crippen LogP contribution in [0, 0.1) is 0 Å². The van der Waals surface area contributed by atoms with Crippen molar-refractivity contribution in [2.75, 3.05) is 33.3 Å². The maximum Gasteiger partial charge on any atom is 0.410 e. The van der Waals surface area contributed by atoms with Gasteiger partial charge in [0.25, 0.3) is 0 Å². The highest BCUT2D eigenvalue weighted by molar-refractivity contribution is 9.10. The third-order valence-electron chi connectivity index (χ3n) is 7.10. The lowest BCUT2D eigenvalue weighted by Gasteiger charge is -2.39. The molecule has 0 N–H and O–H groups in total. The van der Waals surface area contributed by atoms with E-state index in [0.717, 1.165) is 16.7 Å². The topological polar surface area (TPSA) is 81.2 Å². The van der Waals surface area contributed by atoms with E-state index in [1.54, 1.807) is 18.0 Å². The number of pyridine rings is 1. The number of rotatable bonds is 5. The van der Waals surface area contributed by atoms with Crippen molar-refractivity contribution >= 4 is 39.7 Å². The summed E-state index contributed by atoms with van der Waals surface area (Å²) in [6.45, 7) is 6.44. The van der Waals surface area contributed by atoms with Gasteiger partial charge in [0.15, 0.2) is 0 Å². The van der Waals surface area contributed by atoms with Gasteiger partial charge in [0.05, 0.1) is 25.7 Å². The van der Waals surface area contributed by atoms with Crippen molar-refractivity contribution in [2.45, 2.75) is 44.5 Å². The highest BCUT2D eigenvalue weighted by Crippen LogP contribution is 2.44. The molecule has 1 aromatic heterocycles. The first-order valence-corrected chi connectivity index (χ1v) is 14.7. The summed E-state index contributed by atoms with van der Waals surface area (Å²) in [5.41, 5.74) is 4.75. The number of hydrogen-bond acceptors (Lipinski definition) is 6. The molecule has 1 aliphatic carbocycles. The number of hydrogen-bond donors (Lipinski definition) is 0. The second kappa shape index (κ2) is 12.0. The van der Waals surface area contributed by atoms with Gasteiger partial charge in [0.1, 0.15) is 28.1 Å². The largest absolute Gasteiger partial charge is 0.448 e. The second-order valence-corrected chi connectivity index (χ2v) is 12.6. The monoisotopic (exact) mass is 641 g/mol. The van der Waals surface area contributed by atoms with Gasteiger partial charge in [-0.3, -0.25) is 0 Å². The van der Waals surface area contributed by atoms with Crippen molar-refractivity contribution in [2.24, 2.45) is 0 Å². The van der Waals surface area contributed by atoms with E-state index in [9.17, 15) is 9.59 Å². The third kappa shape index (κ3) is 6.85. The zero-order valence-corrected chi connectivity index (χ0v) is 25.8. The van der Waals surface area contributed by atoms with E-state index in [0.29, 0.717) is 9.76 Å². The molecule has 2 amide bonds. The molecule has 0 saturated carbocycles. The molecule has 0 bridgehead atoms. The Balaban J connectivity index is 1.27. The fraction of sp³-hybridized carbons (Fsp3) is 0.387. The van der Waals surface area contributed by atoms with E-state index in [1.165, 1.54) is 16.0 Å². The molecule has 0 spiro atoms. The molecule has 2 aliphatic rings. The minimum atomic E-state index is -0.651. The number of halogens is 2. The highest BCUT2D eigenvalue weighted by Gasteiger charge is 2.36. The Labute approximate surface area is 253 Å². The van der Waals surface area contributed by atoms with Gasteiger partial charge in [-0.25, -0.2) is 14.6 Å². The predicted molar refractivity (Wildman–Crippen MR) is 160 cm³/mol. The third-order valence-corrected chi connectivity index (χ3v) is 7.70. The predicted octanol–water partition coefficient (Wildman–Crippen LogP) is 7.06. The second-order valence-electron chi connectivity index (χ2n) is 11.4. The number of aromatic nitrogens is 1. The molecule has 1 aliphatic heterocycles. The van der Waals surface area contributed by atoms with Crippen molar-refractivity contribution < 1.29 is 23.8 Å². The Hall–Kier alpha value is -3.14. The molecule has 10 heteroatoms. The number of carbonyl (C=O) groups excluding carboxylic acids is 2. The molecule has 8 nitrogen and oxygen atoms in total. The van der Waals surface area contributed by atoms with Crippen molar-refractivity contribution in [1.29, 1.82) is 0 Å². The number of nitrogens with zero attached hydrogens (tertiary/aromatic N) is 3. The van der Waals surface area contributed by atoms with E-state index in [2.05, 4.69) is 45.2 Å². The smallest absolute Gasteiger partial charge is 0.410 e. The Bertz CT molecular complexity index is 1380. The van der Waals surface area contributed by atoms with Crippen LogP contribution in [0.15, 0.2) is 65.3 Å². The molecule has 5 rings (SSSR count). The van der Waals surface area contributed by atoms with Crippen molar-refractivity contribution in [3.8, 4) is 11.1 Å². The summed E-state index contributed by atoms with van der Waals surface area (Å²) < 4.78 is 18.4. The Kier molecular flexibility index (Phi) is 8.59. The number of fused-ring (bicyclic) bond motifs is 3. The van der Waals surface area contributed by atoms with Gasteiger partial charge in [-0.1, -0.05) is 60.1 Å². The molecule has 2 unspecified atom stereocenters. The summed E-state index contributed by atoms with van der Waals surface area (Å²) in [6, 6.07) is 20.0. The average molecular weight is 643 g/mol. The average Bonchev–Trinajstić information content (AvgIpc) is 3.23. The lowest BCUT2D eigenvalue weighted by molar-refractivity contribution is -0.0949. The van der Waals surface area contributed by atoms with Crippen LogP contribution in [0.2, 0.25) is 5.15 Å². The molecular weight excluding hydrogens is 610 g/mol. The number of ether oxygens (including phenoxy) is 3. The van der Waals surface area contributed by atoms with Crippen molar-refractivity contribution in [1.82, 2.24) is 14.8 Å². The van der Waals surface area contributed by atoms with E-state index in [1.807, 2.05) is 51.1 Å². The fourth-order valence-corrected chi connectivity index (χ4v) is 6.13. The van der Waals surface area contributed by atoms with E-state index < -0.39 is 30.0 Å². The number of carbonyl (C=O) groups is 2. The molecule has 0 radical (unpaired) electrons. The normalized spacial score (nSPS) is 18.4. The van der Waals surface area contributed by atoms with E-state index in [-0.39, 0.29) is 32.2 Å². The SMILES string of the molecule is CN(CC1CN(C(=O)OC(C)(C)C)CC(c2cc(Cl)nc(Br)c2)O1)C(=O)OCC1c2ccccc2-c2ccccc21. The molecule has 2 aromatic carbocycles. The number of benzene rings is 2. The summed E-state index contributed by atoms with van der Waals surface area (Å²) in [6.07, 6.45) is -1.89. The lowest BCUT2D eigenvalue weighted by atomic mass is 9.98. The maximum atomic E-state index is 13.2. The van der Waals surface area contributed by atoms with Crippen LogP contribution < -0.4 is 0 Å². The van der Waals surface area contributed by atoms with Gasteiger partial charge in [0.2, 0.25) is 0 Å². The van der Waals surface area contributed by atoms with E-state index >= 15 is 0 Å². The Morgan fingerprint density at radius 3 is 2.32 bits per heavy atom. The minimum absolute atomic E-state index is 0.0346. The summed E-state index contributed by atoms with van der Waals surface area (Å²) in [4.78, 5) is 33.4. The first kappa shape index (κ1) is 29.4. The van der Waals surface area contributed by atoms with Crippen LogP contribution in [-0.2, 0) is 14.2 Å². The van der Waals surface area contributed by atoms with Gasteiger partial charge in [-0.2, -0.15) is 0 Å². The number of morpholine rings is 1. The molecule has 2 heterocycles. The number of amides is 2. The Morgan fingerprint density at radius 2 is 1.71 bits per heavy atom. The first-order chi connectivity index (χ1) is 19.5. The molecule has 216 valence electrons. The van der Waals surface area contributed by atoms with Crippen molar-refractivity contribution in [3.63, 3.8) is 0 Å². The summed E-state index contributed by atoms with van der Waals surface area (Å²) >= 11 is 9.58. The molecule has 1 saturated heterocycles. The summed E-state index contributed by atoms with van der Waals surface area (Å²) in [7, 11) is 1.67. The standard InChI is InChI=1S/C31H33BrClN3O5/c1-31(2,3)41-30(38)36-16-20(40-26(17-36)19-13-27(32)34-28(33)14-19)15-35(4)29(37)39-18-25-23-11-7-5-9-21(23)22-10-6-8-12-24(22)25/h5-14,20,25-26H,15-18H2,1-4H3. The Morgan fingerprint density at radius 1 is 1.07 bits per heavy atom. The highest BCUT2D eigenvalue weighted by atomic mass is 79.9. The lowest BCUT2D eigenvalue weighted by Crippen LogP contribution is -2.52. The van der Waals surface area contributed by atoms with E-state index in [4.69, 9.17) is 25.8 Å². The van der Waals surface area contributed by atoms with Gasteiger partial charge in [0, 0.05) is 13.0 Å². The van der Waals surface area contributed by atoms with Gasteiger partial charge < -0.3 is 24.0 Å². The van der Waals surface area contributed by atoms with Gasteiger partial charge >= 0.3 is 12.2 Å². The minimum Gasteiger partial charge on any atom is -0.448 e. The fourth-order valence-electron chi connectivity index (χ4n) is 5.35. The quantitative estimate of drug-likeness (QED) is 0.278. The van der Waals surface area contributed by atoms with Gasteiger partial charge in [-0.05, 0) is 76.7 Å². The molecule has 1 fully saturated rings. The summed E-state index contributed by atoms with van der Waals surface area (Å²) in [5.74, 6) is -0.0346. The molecular formula is C31H33BrClN3O5. The van der Waals surface area contributed by atoms with Crippen LogP contribution >= 0.6 is 27.5 Å². The maximum absolute atomic E-state index is 13.2.